The topological polar surface area (TPSA) is 82.8 Å². The third-order valence-electron chi connectivity index (χ3n) is 6.67. The van der Waals surface area contributed by atoms with Crippen molar-refractivity contribution in [3.8, 4) is 22.3 Å². The van der Waals surface area contributed by atoms with Crippen molar-refractivity contribution >= 4 is 21.5 Å². The van der Waals surface area contributed by atoms with Gasteiger partial charge in [-0.25, -0.2) is 9.50 Å². The Bertz CT molecular complexity index is 1490. The summed E-state index contributed by atoms with van der Waals surface area (Å²) in [4.78, 5) is 6.57. The van der Waals surface area contributed by atoms with Crippen LogP contribution in [-0.4, -0.2) is 50.6 Å². The molecule has 0 aliphatic carbocycles. The fourth-order valence-corrected chi connectivity index (χ4v) is 5.52. The van der Waals surface area contributed by atoms with Gasteiger partial charge in [0.05, 0.1) is 11.8 Å². The number of rotatable bonds is 4. The highest BCUT2D eigenvalue weighted by Crippen LogP contribution is 2.36. The number of anilines is 1. The van der Waals surface area contributed by atoms with Gasteiger partial charge in [-0.3, -0.25) is 0 Å². The van der Waals surface area contributed by atoms with E-state index in [2.05, 4.69) is 46.3 Å². The molecular weight excluding hydrogens is 503 g/mol. The summed E-state index contributed by atoms with van der Waals surface area (Å²) in [6.07, 6.45) is 1.14. The van der Waals surface area contributed by atoms with Crippen molar-refractivity contribution < 1.29 is 21.9 Å². The molecule has 1 saturated heterocycles. The standard InChI is InChI=1S/C26H26F3N5O2S/c1-16-11-30-12-17(2)34(16)22-6-4-18(5-7-22)20-13-31-25-24(14-32-33(25)15-20)19-8-21(26(27,28)29)10-23(9-19)37(3,35)36/h4-10,13-17,30H,11-12H2,1-3H3/p+1/t16-,17+. The zero-order valence-electron chi connectivity index (χ0n) is 20.5. The lowest BCUT2D eigenvalue weighted by Gasteiger charge is -2.41. The second-order valence-electron chi connectivity index (χ2n) is 9.53. The minimum Gasteiger partial charge on any atom is -0.364 e. The average molecular weight is 531 g/mol. The molecule has 3 heterocycles. The lowest BCUT2D eigenvalue weighted by Crippen LogP contribution is -2.55. The molecule has 37 heavy (non-hydrogen) atoms. The lowest BCUT2D eigenvalue weighted by atomic mass is 10.0. The summed E-state index contributed by atoms with van der Waals surface area (Å²) in [7, 11) is -3.62. The zero-order valence-corrected chi connectivity index (χ0v) is 21.3. The molecule has 1 fully saturated rings. The van der Waals surface area contributed by atoms with Crippen LogP contribution in [0.4, 0.5) is 18.9 Å². The van der Waals surface area contributed by atoms with Crippen molar-refractivity contribution in [3.63, 3.8) is 0 Å². The molecule has 1 aliphatic heterocycles. The molecule has 11 heteroatoms. The van der Waals surface area contributed by atoms with E-state index in [1.165, 1.54) is 16.8 Å². The average Bonchev–Trinajstić information content (AvgIpc) is 3.26. The first-order valence-electron chi connectivity index (χ1n) is 11.8. The normalized spacial score (nSPS) is 20.2. The van der Waals surface area contributed by atoms with Gasteiger partial charge in [-0.05, 0) is 43.2 Å². The molecule has 0 saturated carbocycles. The third kappa shape index (κ3) is 4.98. The lowest BCUT2D eigenvalue weighted by molar-refractivity contribution is -0.137. The Hall–Kier alpha value is -3.28. The van der Waals surface area contributed by atoms with Gasteiger partial charge in [-0.15, -0.1) is 0 Å². The molecule has 3 atom stereocenters. The first-order valence-corrected chi connectivity index (χ1v) is 13.7. The van der Waals surface area contributed by atoms with Crippen molar-refractivity contribution in [2.24, 2.45) is 0 Å². The van der Waals surface area contributed by atoms with E-state index in [1.54, 1.807) is 12.4 Å². The van der Waals surface area contributed by atoms with Gasteiger partial charge in [-0.2, -0.15) is 22.8 Å². The summed E-state index contributed by atoms with van der Waals surface area (Å²) in [6, 6.07) is 11.9. The Morgan fingerprint density at radius 2 is 1.68 bits per heavy atom. The number of nitrogens with zero attached hydrogens (tertiary/aromatic N) is 4. The van der Waals surface area contributed by atoms with Gasteiger partial charge in [-0.1, -0.05) is 16.3 Å². The fraction of sp³-hybridized carbons (Fsp3) is 0.308. The van der Waals surface area contributed by atoms with Gasteiger partial charge in [0, 0.05) is 66.5 Å². The molecular formula is C26H27F3N5O2S+. The first kappa shape index (κ1) is 25.4. The monoisotopic (exact) mass is 530 g/mol. The SMILES string of the molecule is C[C@@H]1CNC[C@H](C)N1c1ccc(-c2cnc3c(-c4cc(C(F)(F)F)cc([S+](C)(=O)O)c4)cnn3c2)cc1. The summed E-state index contributed by atoms with van der Waals surface area (Å²) in [5.74, 6) is 0. The molecule has 1 unspecified atom stereocenters. The van der Waals surface area contributed by atoms with Crippen molar-refractivity contribution in [2.75, 3.05) is 24.2 Å². The molecule has 2 aromatic carbocycles. The maximum Gasteiger partial charge on any atom is 0.416 e. The van der Waals surface area contributed by atoms with Gasteiger partial charge < -0.3 is 10.2 Å². The highest BCUT2D eigenvalue weighted by molar-refractivity contribution is 7.97. The Kier molecular flexibility index (Phi) is 6.33. The van der Waals surface area contributed by atoms with Crippen molar-refractivity contribution in [3.05, 3.63) is 66.6 Å². The summed E-state index contributed by atoms with van der Waals surface area (Å²) in [5, 5.41) is 7.73. The second kappa shape index (κ2) is 9.23. The Morgan fingerprint density at radius 3 is 2.30 bits per heavy atom. The number of nitrogens with one attached hydrogen (secondary N) is 1. The van der Waals surface area contributed by atoms with Crippen LogP contribution in [0, 0.1) is 0 Å². The summed E-state index contributed by atoms with van der Waals surface area (Å²) in [6.45, 7) is 6.23. The van der Waals surface area contributed by atoms with Crippen LogP contribution in [0.3, 0.4) is 0 Å². The second-order valence-corrected chi connectivity index (χ2v) is 11.6. The quantitative estimate of drug-likeness (QED) is 0.352. The van der Waals surface area contributed by atoms with E-state index in [4.69, 9.17) is 0 Å². The van der Waals surface area contributed by atoms with Crippen LogP contribution >= 0.6 is 0 Å². The molecule has 5 rings (SSSR count). The predicted molar refractivity (Wildman–Crippen MR) is 138 cm³/mol. The third-order valence-corrected chi connectivity index (χ3v) is 7.78. The summed E-state index contributed by atoms with van der Waals surface area (Å²) in [5.41, 5.74) is 2.65. The first-order chi connectivity index (χ1) is 17.4. The minimum atomic E-state index is -4.68. The van der Waals surface area contributed by atoms with E-state index < -0.39 is 22.0 Å². The number of alkyl halides is 3. The number of piperazine rings is 1. The van der Waals surface area contributed by atoms with E-state index >= 15 is 0 Å². The molecule has 7 nitrogen and oxygen atoms in total. The number of fused-ring (bicyclic) bond motifs is 1. The fourth-order valence-electron chi connectivity index (χ4n) is 4.83. The Morgan fingerprint density at radius 1 is 1.00 bits per heavy atom. The maximum atomic E-state index is 13.5. The molecule has 1 aliphatic rings. The minimum absolute atomic E-state index is 0.118. The van der Waals surface area contributed by atoms with Gasteiger partial charge in [0.25, 0.3) is 0 Å². The number of hydrogen-bond donors (Lipinski definition) is 2. The van der Waals surface area contributed by atoms with Crippen LogP contribution in [0.15, 0.2) is 66.0 Å². The van der Waals surface area contributed by atoms with Crippen LogP contribution in [0.25, 0.3) is 27.9 Å². The van der Waals surface area contributed by atoms with Crippen LogP contribution in [0.2, 0.25) is 0 Å². The number of benzene rings is 2. The highest BCUT2D eigenvalue weighted by atomic mass is 32.3. The van der Waals surface area contributed by atoms with E-state index in [1.807, 2.05) is 12.1 Å². The summed E-state index contributed by atoms with van der Waals surface area (Å²) < 4.78 is 64.1. The van der Waals surface area contributed by atoms with E-state index in [9.17, 15) is 21.9 Å². The van der Waals surface area contributed by atoms with Crippen LogP contribution in [-0.2, 0) is 20.6 Å². The Labute approximate surface area is 213 Å². The molecule has 0 spiro atoms. The Balaban J connectivity index is 1.50. The predicted octanol–water partition coefficient (Wildman–Crippen LogP) is 5.23. The number of hydrogen-bond acceptors (Lipinski definition) is 5. The highest BCUT2D eigenvalue weighted by Gasteiger charge is 2.35. The van der Waals surface area contributed by atoms with Gasteiger partial charge >= 0.3 is 6.18 Å². The van der Waals surface area contributed by atoms with Crippen molar-refractivity contribution in [1.29, 1.82) is 0 Å². The smallest absolute Gasteiger partial charge is 0.364 e. The van der Waals surface area contributed by atoms with Crippen LogP contribution in [0.5, 0.6) is 0 Å². The largest absolute Gasteiger partial charge is 0.416 e. The molecule has 0 radical (unpaired) electrons. The van der Waals surface area contributed by atoms with E-state index in [0.717, 1.165) is 42.2 Å². The molecule has 2 aromatic heterocycles. The molecule has 4 aromatic rings. The van der Waals surface area contributed by atoms with Crippen LogP contribution < -0.4 is 10.2 Å². The molecule has 0 bridgehead atoms. The van der Waals surface area contributed by atoms with E-state index in [-0.39, 0.29) is 10.5 Å². The molecule has 194 valence electrons. The van der Waals surface area contributed by atoms with Crippen LogP contribution in [0.1, 0.15) is 19.4 Å². The number of halogens is 3. The zero-order chi connectivity index (χ0) is 26.5. The molecule has 2 N–H and O–H groups in total. The van der Waals surface area contributed by atoms with Gasteiger partial charge in [0.2, 0.25) is 10.2 Å². The summed E-state index contributed by atoms with van der Waals surface area (Å²) >= 11 is 0. The van der Waals surface area contributed by atoms with Crippen molar-refractivity contribution in [1.82, 2.24) is 19.9 Å². The molecule has 0 amide bonds. The van der Waals surface area contributed by atoms with E-state index in [0.29, 0.717) is 29.4 Å². The van der Waals surface area contributed by atoms with Gasteiger partial charge in [0.15, 0.2) is 10.5 Å². The van der Waals surface area contributed by atoms with Crippen molar-refractivity contribution in [2.45, 2.75) is 37.0 Å². The maximum absolute atomic E-state index is 13.5. The number of aromatic nitrogens is 3. The van der Waals surface area contributed by atoms with Gasteiger partial charge in [0.1, 0.15) is 6.26 Å².